The summed E-state index contributed by atoms with van der Waals surface area (Å²) < 4.78 is 4.83. The van der Waals surface area contributed by atoms with E-state index >= 15 is 0 Å². The number of esters is 1. The second-order valence-corrected chi connectivity index (χ2v) is 3.54. The van der Waals surface area contributed by atoms with E-state index in [0.717, 1.165) is 13.1 Å². The first kappa shape index (κ1) is 14.5. The van der Waals surface area contributed by atoms with E-state index in [1.165, 1.54) is 12.8 Å². The predicted molar refractivity (Wildman–Crippen MR) is 63.2 cm³/mol. The zero-order valence-corrected chi connectivity index (χ0v) is 10.0. The van der Waals surface area contributed by atoms with Crippen molar-refractivity contribution in [2.45, 2.75) is 26.2 Å². The van der Waals surface area contributed by atoms with Gasteiger partial charge in [-0.05, 0) is 32.2 Å². The summed E-state index contributed by atoms with van der Waals surface area (Å²) in [5.74, 6) is 0.464. The molecule has 3 nitrogen and oxygen atoms in total. The van der Waals surface area contributed by atoms with Crippen LogP contribution < -0.4 is 5.32 Å². The van der Waals surface area contributed by atoms with Crippen molar-refractivity contribution >= 4 is 18.4 Å². The number of carbonyl (C=O) groups excluding carboxylic acids is 1. The highest BCUT2D eigenvalue weighted by atomic mass is 35.5. The molecule has 1 unspecified atom stereocenters. The molecular formula is C11H20ClNO2. The Balaban J connectivity index is 0.00000196. The summed E-state index contributed by atoms with van der Waals surface area (Å²) >= 11 is 0. The summed E-state index contributed by atoms with van der Waals surface area (Å²) in [7, 11) is 0. The Morgan fingerprint density at radius 3 is 3.00 bits per heavy atom. The first-order valence-corrected chi connectivity index (χ1v) is 5.36. The maximum atomic E-state index is 11.0. The lowest BCUT2D eigenvalue weighted by molar-refractivity contribution is -0.142. The van der Waals surface area contributed by atoms with Crippen LogP contribution in [0.1, 0.15) is 26.2 Å². The van der Waals surface area contributed by atoms with Gasteiger partial charge in [-0.3, -0.25) is 4.79 Å². The molecule has 0 aromatic heterocycles. The monoisotopic (exact) mass is 233 g/mol. The van der Waals surface area contributed by atoms with Crippen LogP contribution >= 0.6 is 12.4 Å². The van der Waals surface area contributed by atoms with Gasteiger partial charge in [-0.1, -0.05) is 12.2 Å². The molecule has 1 atom stereocenters. The smallest absolute Gasteiger partial charge is 0.309 e. The van der Waals surface area contributed by atoms with Gasteiger partial charge >= 0.3 is 5.97 Å². The minimum Gasteiger partial charge on any atom is -0.466 e. The number of hydrogen-bond acceptors (Lipinski definition) is 3. The topological polar surface area (TPSA) is 38.3 Å². The molecule has 0 aromatic rings. The van der Waals surface area contributed by atoms with Crippen LogP contribution in [0.3, 0.4) is 0 Å². The Morgan fingerprint density at radius 2 is 2.40 bits per heavy atom. The van der Waals surface area contributed by atoms with Crippen molar-refractivity contribution in [1.29, 1.82) is 0 Å². The number of ether oxygens (including phenoxy) is 1. The van der Waals surface area contributed by atoms with E-state index in [2.05, 4.69) is 11.4 Å². The van der Waals surface area contributed by atoms with Crippen molar-refractivity contribution in [1.82, 2.24) is 5.32 Å². The Labute approximate surface area is 97.7 Å². The summed E-state index contributed by atoms with van der Waals surface area (Å²) in [5.41, 5.74) is 0. The lowest BCUT2D eigenvalue weighted by Crippen LogP contribution is -2.28. The quantitative estimate of drug-likeness (QED) is 0.596. The maximum Gasteiger partial charge on any atom is 0.309 e. The first-order valence-electron chi connectivity index (χ1n) is 5.36. The lowest BCUT2D eigenvalue weighted by atomic mass is 9.99. The molecule has 15 heavy (non-hydrogen) atoms. The largest absolute Gasteiger partial charge is 0.466 e. The number of rotatable bonds is 4. The van der Waals surface area contributed by atoms with Crippen molar-refractivity contribution in [3.05, 3.63) is 12.2 Å². The number of nitrogens with one attached hydrogen (secondary N) is 1. The van der Waals surface area contributed by atoms with Gasteiger partial charge in [-0.2, -0.15) is 0 Å². The molecule has 1 N–H and O–H groups in total. The van der Waals surface area contributed by atoms with Gasteiger partial charge in [0.1, 0.15) is 0 Å². The van der Waals surface area contributed by atoms with Gasteiger partial charge in [0, 0.05) is 6.54 Å². The number of carbonyl (C=O) groups is 1. The number of piperidine rings is 1. The molecule has 4 heteroatoms. The van der Waals surface area contributed by atoms with Crippen LogP contribution in [-0.2, 0) is 9.53 Å². The van der Waals surface area contributed by atoms with Crippen molar-refractivity contribution < 1.29 is 9.53 Å². The summed E-state index contributed by atoms with van der Waals surface area (Å²) in [6.45, 7) is 4.46. The Hall–Kier alpha value is -0.540. The van der Waals surface area contributed by atoms with E-state index in [1.807, 2.05) is 13.0 Å². The Bertz CT molecular complexity index is 201. The number of halogens is 1. The molecule has 0 spiro atoms. The third kappa shape index (κ3) is 6.52. The summed E-state index contributed by atoms with van der Waals surface area (Å²) in [6, 6.07) is 0. The Morgan fingerprint density at radius 1 is 1.60 bits per heavy atom. The molecule has 1 aliphatic heterocycles. The van der Waals surface area contributed by atoms with Crippen LogP contribution in [0.25, 0.3) is 0 Å². The van der Waals surface area contributed by atoms with Crippen LogP contribution in [0.5, 0.6) is 0 Å². The molecule has 1 heterocycles. The van der Waals surface area contributed by atoms with E-state index in [0.29, 0.717) is 18.9 Å². The fraction of sp³-hybridized carbons (Fsp3) is 0.727. The van der Waals surface area contributed by atoms with E-state index in [1.54, 1.807) is 0 Å². The fourth-order valence-electron chi connectivity index (χ4n) is 1.62. The van der Waals surface area contributed by atoms with E-state index < -0.39 is 0 Å². The first-order chi connectivity index (χ1) is 6.83. The molecule has 88 valence electrons. The average molecular weight is 234 g/mol. The highest BCUT2D eigenvalue weighted by Gasteiger charge is 2.08. The van der Waals surface area contributed by atoms with Gasteiger partial charge in [0.25, 0.3) is 0 Å². The number of hydrogen-bond donors (Lipinski definition) is 1. The standard InChI is InChI=1S/C11H19NO2.ClH/c1-2-14-11(13)7-3-5-10-6-4-8-12-9-10;/h3,5,10,12H,2,4,6-9H2,1H3;1H/b5-3+;. The molecule has 0 bridgehead atoms. The van der Waals surface area contributed by atoms with Crippen LogP contribution in [0.2, 0.25) is 0 Å². The van der Waals surface area contributed by atoms with Gasteiger partial charge in [0.15, 0.2) is 0 Å². The van der Waals surface area contributed by atoms with Crippen LogP contribution in [-0.4, -0.2) is 25.7 Å². The fourth-order valence-corrected chi connectivity index (χ4v) is 1.62. The summed E-state index contributed by atoms with van der Waals surface area (Å²) in [5, 5.41) is 3.33. The zero-order valence-electron chi connectivity index (χ0n) is 9.20. The molecule has 1 aliphatic rings. The summed E-state index contributed by atoms with van der Waals surface area (Å²) in [6.07, 6.45) is 6.92. The normalized spacial score (nSPS) is 21.0. The molecular weight excluding hydrogens is 214 g/mol. The molecule has 1 saturated heterocycles. The van der Waals surface area contributed by atoms with Gasteiger partial charge in [0.2, 0.25) is 0 Å². The van der Waals surface area contributed by atoms with E-state index in [4.69, 9.17) is 4.74 Å². The minimum atomic E-state index is -0.132. The van der Waals surface area contributed by atoms with Crippen molar-refractivity contribution in [3.8, 4) is 0 Å². The molecule has 0 saturated carbocycles. The minimum absolute atomic E-state index is 0. The van der Waals surface area contributed by atoms with Crippen molar-refractivity contribution in [2.24, 2.45) is 5.92 Å². The SMILES string of the molecule is CCOC(=O)C/C=C/C1CCCNC1.Cl. The second-order valence-electron chi connectivity index (χ2n) is 3.54. The molecule has 0 aliphatic carbocycles. The third-order valence-corrected chi connectivity index (χ3v) is 2.33. The van der Waals surface area contributed by atoms with Crippen LogP contribution in [0.4, 0.5) is 0 Å². The molecule has 0 amide bonds. The molecule has 1 fully saturated rings. The van der Waals surface area contributed by atoms with Crippen molar-refractivity contribution in [2.75, 3.05) is 19.7 Å². The lowest BCUT2D eigenvalue weighted by Gasteiger charge is -2.19. The molecule has 0 radical (unpaired) electrons. The van der Waals surface area contributed by atoms with Crippen LogP contribution in [0, 0.1) is 5.92 Å². The summed E-state index contributed by atoms with van der Waals surface area (Å²) in [4.78, 5) is 11.0. The Kier molecular flexibility index (Phi) is 8.43. The van der Waals surface area contributed by atoms with Gasteiger partial charge in [0.05, 0.1) is 13.0 Å². The molecule has 0 aromatic carbocycles. The van der Waals surface area contributed by atoms with Gasteiger partial charge in [-0.25, -0.2) is 0 Å². The second kappa shape index (κ2) is 8.74. The average Bonchev–Trinajstić information content (AvgIpc) is 2.20. The van der Waals surface area contributed by atoms with E-state index in [9.17, 15) is 4.79 Å². The van der Waals surface area contributed by atoms with Crippen molar-refractivity contribution in [3.63, 3.8) is 0 Å². The van der Waals surface area contributed by atoms with E-state index in [-0.39, 0.29) is 18.4 Å². The third-order valence-electron chi connectivity index (χ3n) is 2.33. The maximum absolute atomic E-state index is 11.0. The van der Waals surface area contributed by atoms with Gasteiger partial charge in [-0.15, -0.1) is 12.4 Å². The highest BCUT2D eigenvalue weighted by Crippen LogP contribution is 2.11. The van der Waals surface area contributed by atoms with Gasteiger partial charge < -0.3 is 10.1 Å². The highest BCUT2D eigenvalue weighted by molar-refractivity contribution is 5.85. The predicted octanol–water partition coefficient (Wildman–Crippen LogP) is 1.92. The van der Waals surface area contributed by atoms with Crippen LogP contribution in [0.15, 0.2) is 12.2 Å². The zero-order chi connectivity index (χ0) is 10.2. The molecule has 1 rings (SSSR count).